The number of fused-ring (bicyclic) bond motifs is 1. The van der Waals surface area contributed by atoms with Gasteiger partial charge in [0, 0.05) is 22.6 Å². The predicted octanol–water partition coefficient (Wildman–Crippen LogP) is 5.36. The number of hydrogen-bond donors (Lipinski definition) is 1. The molecule has 1 aliphatic carbocycles. The first-order valence-corrected chi connectivity index (χ1v) is 11.4. The second-order valence-corrected chi connectivity index (χ2v) is 8.88. The van der Waals surface area contributed by atoms with Gasteiger partial charge in [0.2, 0.25) is 0 Å². The highest BCUT2D eigenvalue weighted by Crippen LogP contribution is 2.32. The van der Waals surface area contributed by atoms with Crippen LogP contribution in [0.2, 0.25) is 5.02 Å². The molecule has 1 N–H and O–H groups in total. The molecule has 1 atom stereocenters. The maximum atomic E-state index is 13.1. The van der Waals surface area contributed by atoms with Crippen molar-refractivity contribution in [2.24, 2.45) is 5.92 Å². The van der Waals surface area contributed by atoms with E-state index in [-0.39, 0.29) is 5.91 Å². The largest absolute Gasteiger partial charge is 0.496 e. The number of rotatable bonds is 7. The van der Waals surface area contributed by atoms with Crippen molar-refractivity contribution in [1.82, 2.24) is 14.9 Å². The Morgan fingerprint density at radius 1 is 1.38 bits per heavy atom. The van der Waals surface area contributed by atoms with Crippen LogP contribution in [0.15, 0.2) is 22.7 Å². The van der Waals surface area contributed by atoms with Crippen molar-refractivity contribution >= 4 is 23.2 Å². The molecule has 1 aliphatic rings. The Morgan fingerprint density at radius 3 is 2.94 bits per heavy atom. The average Bonchev–Trinajstić information content (AvgIpc) is 3.30. The first-order chi connectivity index (χ1) is 15.4. The molecule has 2 heterocycles. The minimum atomic E-state index is -0.252. The molecule has 0 spiro atoms. The number of nitrogens with one attached hydrogen (secondary N) is 1. The maximum Gasteiger partial charge on any atom is 0.278 e. The normalized spacial score (nSPS) is 15.5. The van der Waals surface area contributed by atoms with Crippen molar-refractivity contribution < 1.29 is 14.1 Å². The molecule has 3 aromatic rings. The first kappa shape index (κ1) is 22.4. The van der Waals surface area contributed by atoms with E-state index in [0.29, 0.717) is 28.9 Å². The number of carbonyl (C=O) groups excluding carboxylic acids is 1. The lowest BCUT2D eigenvalue weighted by Gasteiger charge is -2.20. The van der Waals surface area contributed by atoms with Crippen LogP contribution in [-0.4, -0.2) is 28.0 Å². The van der Waals surface area contributed by atoms with E-state index in [0.717, 1.165) is 66.1 Å². The minimum absolute atomic E-state index is 0.252. The van der Waals surface area contributed by atoms with Gasteiger partial charge in [0.05, 0.1) is 30.7 Å². The first-order valence-electron chi connectivity index (χ1n) is 11.1. The van der Waals surface area contributed by atoms with Gasteiger partial charge in [-0.1, -0.05) is 36.5 Å². The molecule has 4 rings (SSSR count). The molecule has 7 nitrogen and oxygen atoms in total. The number of carbonyl (C=O) groups is 1. The fourth-order valence-corrected chi connectivity index (χ4v) is 4.74. The van der Waals surface area contributed by atoms with E-state index in [1.165, 1.54) is 0 Å². The van der Waals surface area contributed by atoms with E-state index in [2.05, 4.69) is 22.5 Å². The Labute approximate surface area is 193 Å². The Balaban J connectivity index is 1.56. The summed E-state index contributed by atoms with van der Waals surface area (Å²) in [6.07, 6.45) is 5.08. The van der Waals surface area contributed by atoms with Crippen LogP contribution in [0.3, 0.4) is 0 Å². The van der Waals surface area contributed by atoms with Gasteiger partial charge in [-0.05, 0) is 50.8 Å². The molecular weight excluding hydrogens is 428 g/mol. The van der Waals surface area contributed by atoms with Crippen LogP contribution in [0.4, 0.5) is 5.69 Å². The van der Waals surface area contributed by atoms with Crippen molar-refractivity contribution in [3.05, 3.63) is 57.2 Å². The second kappa shape index (κ2) is 9.36. The van der Waals surface area contributed by atoms with Crippen LogP contribution >= 0.6 is 11.6 Å². The SMILES string of the molecule is CCCC1CCc2onc(C(=O)Nc3c(C)nn(Cc4cc(Cl)ccc4OC)c3C)c2C1. The van der Waals surface area contributed by atoms with Crippen LogP contribution in [0.1, 0.15) is 64.9 Å². The number of anilines is 1. The number of nitrogens with zero attached hydrogens (tertiary/aromatic N) is 3. The molecule has 0 saturated carbocycles. The van der Waals surface area contributed by atoms with E-state index >= 15 is 0 Å². The van der Waals surface area contributed by atoms with Crippen molar-refractivity contribution in [3.8, 4) is 5.75 Å². The van der Waals surface area contributed by atoms with Gasteiger partial charge in [0.25, 0.3) is 5.91 Å². The van der Waals surface area contributed by atoms with Crippen LogP contribution in [0.25, 0.3) is 0 Å². The van der Waals surface area contributed by atoms with E-state index in [4.69, 9.17) is 20.9 Å². The second-order valence-electron chi connectivity index (χ2n) is 8.44. The summed E-state index contributed by atoms with van der Waals surface area (Å²) in [4.78, 5) is 13.1. The lowest BCUT2D eigenvalue weighted by atomic mass is 9.84. The average molecular weight is 457 g/mol. The minimum Gasteiger partial charge on any atom is -0.496 e. The van der Waals surface area contributed by atoms with Gasteiger partial charge in [-0.25, -0.2) is 0 Å². The van der Waals surface area contributed by atoms with Crippen molar-refractivity contribution in [1.29, 1.82) is 0 Å². The molecular formula is C24H29ClN4O3. The number of methoxy groups -OCH3 is 1. The highest BCUT2D eigenvalue weighted by molar-refractivity contribution is 6.30. The van der Waals surface area contributed by atoms with Gasteiger partial charge in [-0.2, -0.15) is 5.10 Å². The van der Waals surface area contributed by atoms with Gasteiger partial charge in [-0.3, -0.25) is 9.48 Å². The molecule has 1 amide bonds. The highest BCUT2D eigenvalue weighted by atomic mass is 35.5. The molecule has 8 heteroatoms. The van der Waals surface area contributed by atoms with Crippen molar-refractivity contribution in [3.63, 3.8) is 0 Å². The van der Waals surface area contributed by atoms with Gasteiger partial charge in [0.1, 0.15) is 11.5 Å². The summed E-state index contributed by atoms with van der Waals surface area (Å²) in [5.74, 6) is 1.92. The van der Waals surface area contributed by atoms with Crippen LogP contribution in [-0.2, 0) is 19.4 Å². The molecule has 32 heavy (non-hydrogen) atoms. The van der Waals surface area contributed by atoms with Gasteiger partial charge in [0.15, 0.2) is 5.69 Å². The highest BCUT2D eigenvalue weighted by Gasteiger charge is 2.29. The van der Waals surface area contributed by atoms with E-state index < -0.39 is 0 Å². The van der Waals surface area contributed by atoms with Crippen molar-refractivity contribution in [2.45, 2.75) is 59.4 Å². The maximum absolute atomic E-state index is 13.1. The summed E-state index contributed by atoms with van der Waals surface area (Å²) < 4.78 is 12.8. The van der Waals surface area contributed by atoms with Crippen molar-refractivity contribution in [2.75, 3.05) is 12.4 Å². The number of aromatic nitrogens is 3. The molecule has 170 valence electrons. The molecule has 0 bridgehead atoms. The van der Waals surface area contributed by atoms with Gasteiger partial charge in [-0.15, -0.1) is 0 Å². The number of benzene rings is 1. The third-order valence-corrected chi connectivity index (χ3v) is 6.47. The van der Waals surface area contributed by atoms with Gasteiger partial charge >= 0.3 is 0 Å². The molecule has 0 saturated heterocycles. The number of aryl methyl sites for hydroxylation is 2. The lowest BCUT2D eigenvalue weighted by Crippen LogP contribution is -2.19. The zero-order chi connectivity index (χ0) is 22.8. The number of hydrogen-bond acceptors (Lipinski definition) is 5. The zero-order valence-corrected chi connectivity index (χ0v) is 19.8. The summed E-state index contributed by atoms with van der Waals surface area (Å²) in [5.41, 5.74) is 4.53. The summed E-state index contributed by atoms with van der Waals surface area (Å²) >= 11 is 6.17. The lowest BCUT2D eigenvalue weighted by molar-refractivity contribution is 0.101. The van der Waals surface area contributed by atoms with Crippen LogP contribution < -0.4 is 10.1 Å². The van der Waals surface area contributed by atoms with E-state index in [1.807, 2.05) is 30.7 Å². The predicted molar refractivity (Wildman–Crippen MR) is 124 cm³/mol. The number of amides is 1. The molecule has 1 aromatic carbocycles. The molecule has 0 fully saturated rings. The Kier molecular flexibility index (Phi) is 6.55. The van der Waals surface area contributed by atoms with Crippen LogP contribution in [0, 0.1) is 19.8 Å². The van der Waals surface area contributed by atoms with E-state index in [9.17, 15) is 4.79 Å². The number of ether oxygens (including phenoxy) is 1. The fraction of sp³-hybridized carbons (Fsp3) is 0.458. The standard InChI is InChI=1S/C24H29ClN4O3/c1-5-6-16-7-9-21-19(11-16)23(28-32-21)24(30)26-22-14(2)27-29(15(22)3)13-17-12-18(25)8-10-20(17)31-4/h8,10,12,16H,5-7,9,11,13H2,1-4H3,(H,26,30). The topological polar surface area (TPSA) is 82.2 Å². The monoisotopic (exact) mass is 456 g/mol. The van der Waals surface area contributed by atoms with Gasteiger partial charge < -0.3 is 14.6 Å². The summed E-state index contributed by atoms with van der Waals surface area (Å²) in [6.45, 7) is 6.48. The smallest absolute Gasteiger partial charge is 0.278 e. The summed E-state index contributed by atoms with van der Waals surface area (Å²) in [5, 5.41) is 12.4. The molecule has 0 radical (unpaired) electrons. The number of halogens is 1. The van der Waals surface area contributed by atoms with Crippen LogP contribution in [0.5, 0.6) is 5.75 Å². The zero-order valence-electron chi connectivity index (χ0n) is 19.0. The fourth-order valence-electron chi connectivity index (χ4n) is 4.55. The summed E-state index contributed by atoms with van der Waals surface area (Å²) in [6, 6.07) is 5.50. The molecule has 2 aromatic heterocycles. The Hall–Kier alpha value is -2.80. The summed E-state index contributed by atoms with van der Waals surface area (Å²) in [7, 11) is 1.63. The quantitative estimate of drug-likeness (QED) is 0.517. The third kappa shape index (κ3) is 4.39. The Morgan fingerprint density at radius 2 is 2.19 bits per heavy atom. The Bertz CT molecular complexity index is 1130. The third-order valence-electron chi connectivity index (χ3n) is 6.24. The molecule has 0 aliphatic heterocycles. The van der Waals surface area contributed by atoms with E-state index in [1.54, 1.807) is 13.2 Å². The molecule has 1 unspecified atom stereocenters.